The van der Waals surface area contributed by atoms with Crippen molar-refractivity contribution in [3.05, 3.63) is 65.5 Å². The number of anilines is 1. The van der Waals surface area contributed by atoms with Gasteiger partial charge in [0.25, 0.3) is 0 Å². The van der Waals surface area contributed by atoms with Crippen molar-refractivity contribution in [1.82, 2.24) is 15.5 Å². The molecule has 0 spiro atoms. The molecule has 0 saturated heterocycles. The van der Waals surface area contributed by atoms with Gasteiger partial charge in [-0.1, -0.05) is 31.2 Å². The molecule has 8 heteroatoms. The molecule has 3 amide bonds. The molecule has 1 saturated carbocycles. The minimum absolute atomic E-state index is 0.0191. The molecule has 3 N–H and O–H groups in total. The van der Waals surface area contributed by atoms with Crippen LogP contribution < -0.4 is 16.0 Å². The third-order valence-corrected chi connectivity index (χ3v) is 6.99. The molecule has 37 heavy (non-hydrogen) atoms. The van der Waals surface area contributed by atoms with E-state index in [-0.39, 0.29) is 41.5 Å². The highest BCUT2D eigenvalue weighted by Crippen LogP contribution is 2.26. The maximum atomic E-state index is 13.1. The zero-order chi connectivity index (χ0) is 26.8. The monoisotopic (exact) mass is 510 g/mol. The van der Waals surface area contributed by atoms with Gasteiger partial charge in [0.05, 0.1) is 0 Å². The summed E-state index contributed by atoms with van der Waals surface area (Å²) in [5.41, 5.74) is 2.22. The van der Waals surface area contributed by atoms with Gasteiger partial charge in [-0.25, -0.2) is 9.18 Å². The van der Waals surface area contributed by atoms with E-state index in [1.807, 2.05) is 19.1 Å². The van der Waals surface area contributed by atoms with Crippen LogP contribution in [0.3, 0.4) is 0 Å². The average molecular weight is 511 g/mol. The lowest BCUT2D eigenvalue weighted by molar-refractivity contribution is -0.121. The molecule has 0 aliphatic heterocycles. The summed E-state index contributed by atoms with van der Waals surface area (Å²) >= 11 is 0. The predicted octanol–water partition coefficient (Wildman–Crippen LogP) is 4.78. The summed E-state index contributed by atoms with van der Waals surface area (Å²) in [6.45, 7) is 5.04. The number of Topliss-reactive ketones (excluding diaryl/α,β-unsaturated/α-hetero) is 1. The third kappa shape index (κ3) is 9.28. The molecular weight excluding hydrogens is 471 g/mol. The first-order chi connectivity index (χ1) is 17.7. The van der Waals surface area contributed by atoms with Gasteiger partial charge in [0, 0.05) is 36.3 Å². The number of aryl methyl sites for hydroxylation is 1. The Hall–Kier alpha value is -3.26. The summed E-state index contributed by atoms with van der Waals surface area (Å²) in [5, 5.41) is 9.07. The summed E-state index contributed by atoms with van der Waals surface area (Å²) in [4.78, 5) is 38.8. The quantitative estimate of drug-likeness (QED) is 0.380. The molecule has 1 aliphatic carbocycles. The van der Waals surface area contributed by atoms with Gasteiger partial charge in [0.1, 0.15) is 5.82 Å². The van der Waals surface area contributed by atoms with Crippen molar-refractivity contribution in [3.8, 4) is 0 Å². The number of carbonyl (C=O) groups is 3. The van der Waals surface area contributed by atoms with Crippen molar-refractivity contribution in [1.29, 1.82) is 0 Å². The first-order valence-corrected chi connectivity index (χ1v) is 13.1. The van der Waals surface area contributed by atoms with Crippen molar-refractivity contribution in [2.75, 3.05) is 25.5 Å². The van der Waals surface area contributed by atoms with Crippen LogP contribution in [0.4, 0.5) is 14.9 Å². The Labute approximate surface area is 219 Å². The fourth-order valence-electron chi connectivity index (χ4n) is 4.94. The Morgan fingerprint density at radius 3 is 2.51 bits per heavy atom. The lowest BCUT2D eigenvalue weighted by Gasteiger charge is -2.38. The van der Waals surface area contributed by atoms with E-state index in [2.05, 4.69) is 27.9 Å². The summed E-state index contributed by atoms with van der Waals surface area (Å²) in [5.74, 6) is -0.0281. The van der Waals surface area contributed by atoms with Crippen molar-refractivity contribution in [2.24, 2.45) is 5.92 Å². The second-order valence-corrected chi connectivity index (χ2v) is 10.0. The molecule has 0 radical (unpaired) electrons. The van der Waals surface area contributed by atoms with Gasteiger partial charge in [-0.2, -0.15) is 0 Å². The Bertz CT molecular complexity index is 1060. The highest BCUT2D eigenvalue weighted by atomic mass is 19.1. The van der Waals surface area contributed by atoms with E-state index in [1.54, 1.807) is 24.3 Å². The summed E-state index contributed by atoms with van der Waals surface area (Å²) < 4.78 is 13.1. The molecular formula is C29H39FN4O3. The van der Waals surface area contributed by atoms with Gasteiger partial charge in [-0.15, -0.1) is 0 Å². The van der Waals surface area contributed by atoms with E-state index >= 15 is 0 Å². The zero-order valence-electron chi connectivity index (χ0n) is 22.1. The van der Waals surface area contributed by atoms with Crippen LogP contribution in [0.5, 0.6) is 0 Å². The van der Waals surface area contributed by atoms with Crippen LogP contribution >= 0.6 is 0 Å². The molecule has 3 atom stereocenters. The Kier molecular flexibility index (Phi) is 10.6. The molecule has 2 aromatic carbocycles. The number of urea groups is 1. The second-order valence-electron chi connectivity index (χ2n) is 10.0. The van der Waals surface area contributed by atoms with Crippen LogP contribution in [0, 0.1) is 11.7 Å². The van der Waals surface area contributed by atoms with E-state index in [4.69, 9.17) is 0 Å². The number of nitrogens with one attached hydrogen (secondary N) is 3. The molecule has 1 aliphatic rings. The molecule has 0 bridgehead atoms. The summed E-state index contributed by atoms with van der Waals surface area (Å²) in [7, 11) is 2.08. The number of amides is 3. The van der Waals surface area contributed by atoms with Crippen LogP contribution in [0.15, 0.2) is 48.5 Å². The number of halogens is 1. The maximum absolute atomic E-state index is 13.1. The smallest absolute Gasteiger partial charge is 0.319 e. The van der Waals surface area contributed by atoms with Crippen LogP contribution in [-0.4, -0.2) is 54.8 Å². The van der Waals surface area contributed by atoms with Gasteiger partial charge in [-0.05, 0) is 88.4 Å². The lowest BCUT2D eigenvalue weighted by Crippen LogP contribution is -2.53. The SMILES string of the molecule is CCC(=O)NC1CCC(CN(C)CCCc2ccc(F)cc2)C(NC(=O)Nc2cccc(C(C)=O)c2)C1. The number of hydrogen-bond donors (Lipinski definition) is 3. The second kappa shape index (κ2) is 13.9. The topological polar surface area (TPSA) is 90.5 Å². The van der Waals surface area contributed by atoms with Gasteiger partial charge < -0.3 is 20.9 Å². The largest absolute Gasteiger partial charge is 0.353 e. The fourth-order valence-corrected chi connectivity index (χ4v) is 4.94. The lowest BCUT2D eigenvalue weighted by atomic mass is 9.81. The Morgan fingerprint density at radius 1 is 1.05 bits per heavy atom. The molecule has 2 aromatic rings. The fraction of sp³-hybridized carbons (Fsp3) is 0.483. The van der Waals surface area contributed by atoms with Crippen LogP contribution in [0.1, 0.15) is 61.9 Å². The van der Waals surface area contributed by atoms with Gasteiger partial charge in [-0.3, -0.25) is 9.59 Å². The van der Waals surface area contributed by atoms with Crippen molar-refractivity contribution in [3.63, 3.8) is 0 Å². The minimum atomic E-state index is -0.322. The molecule has 200 valence electrons. The normalized spacial score (nSPS) is 19.3. The van der Waals surface area contributed by atoms with Crippen molar-refractivity contribution in [2.45, 2.75) is 64.5 Å². The molecule has 3 unspecified atom stereocenters. The van der Waals surface area contributed by atoms with Crippen LogP contribution in [0.25, 0.3) is 0 Å². The Balaban J connectivity index is 1.58. The maximum Gasteiger partial charge on any atom is 0.319 e. The number of rotatable bonds is 11. The third-order valence-electron chi connectivity index (χ3n) is 6.99. The highest BCUT2D eigenvalue weighted by molar-refractivity contribution is 5.96. The van der Waals surface area contributed by atoms with Crippen molar-refractivity contribution < 1.29 is 18.8 Å². The van der Waals surface area contributed by atoms with E-state index in [0.717, 1.165) is 44.3 Å². The predicted molar refractivity (Wildman–Crippen MR) is 144 cm³/mol. The van der Waals surface area contributed by atoms with Gasteiger partial charge in [0.15, 0.2) is 5.78 Å². The Morgan fingerprint density at radius 2 is 1.81 bits per heavy atom. The first kappa shape index (κ1) is 28.3. The standard InChI is InChI=1S/C29H39FN4O3/c1-4-28(36)31-26-15-12-23(19-34(3)16-6-7-21-10-13-24(30)14-11-21)27(18-26)33-29(37)32-25-9-5-8-22(17-25)20(2)35/h5,8-11,13-14,17,23,26-27H,4,6-7,12,15-16,18-19H2,1-3H3,(H,31,36)(H2,32,33,37). The number of carbonyl (C=O) groups excluding carboxylic acids is 3. The van der Waals surface area contributed by atoms with Crippen molar-refractivity contribution >= 4 is 23.4 Å². The van der Waals surface area contributed by atoms with E-state index in [9.17, 15) is 18.8 Å². The zero-order valence-corrected chi connectivity index (χ0v) is 22.1. The van der Waals surface area contributed by atoms with E-state index < -0.39 is 0 Å². The summed E-state index contributed by atoms with van der Waals surface area (Å²) in [6, 6.07) is 13.1. The first-order valence-electron chi connectivity index (χ1n) is 13.1. The van der Waals surface area contributed by atoms with Gasteiger partial charge >= 0.3 is 6.03 Å². The van der Waals surface area contributed by atoms with E-state index in [0.29, 0.717) is 24.1 Å². The van der Waals surface area contributed by atoms with Crippen LogP contribution in [0.2, 0.25) is 0 Å². The molecule has 7 nitrogen and oxygen atoms in total. The number of nitrogens with zero attached hydrogens (tertiary/aromatic N) is 1. The molecule has 1 fully saturated rings. The summed E-state index contributed by atoms with van der Waals surface area (Å²) in [6.07, 6.45) is 4.70. The number of hydrogen-bond acceptors (Lipinski definition) is 4. The number of benzene rings is 2. The highest BCUT2D eigenvalue weighted by Gasteiger charge is 2.32. The molecule has 0 heterocycles. The van der Waals surface area contributed by atoms with E-state index in [1.165, 1.54) is 19.1 Å². The minimum Gasteiger partial charge on any atom is -0.353 e. The van der Waals surface area contributed by atoms with Crippen LogP contribution in [-0.2, 0) is 11.2 Å². The van der Waals surface area contributed by atoms with Gasteiger partial charge in [0.2, 0.25) is 5.91 Å². The molecule has 0 aromatic heterocycles. The molecule has 3 rings (SSSR count). The average Bonchev–Trinajstić information content (AvgIpc) is 2.86. The number of ketones is 1.